The lowest BCUT2D eigenvalue weighted by Gasteiger charge is -2.33. The highest BCUT2D eigenvalue weighted by molar-refractivity contribution is 5.88. The normalized spacial score (nSPS) is 12.2. The summed E-state index contributed by atoms with van der Waals surface area (Å²) in [5.41, 5.74) is 2.94. The first-order valence-electron chi connectivity index (χ1n) is 11.0. The Balaban J connectivity index is 2.21. The van der Waals surface area contributed by atoms with E-state index in [1.165, 1.54) is 5.56 Å². The van der Waals surface area contributed by atoms with E-state index in [0.717, 1.165) is 17.5 Å². The maximum atomic E-state index is 13.2. The van der Waals surface area contributed by atoms with Crippen LogP contribution in [0.3, 0.4) is 0 Å². The van der Waals surface area contributed by atoms with Crippen molar-refractivity contribution in [2.45, 2.75) is 72.5 Å². The molecule has 0 fully saturated rings. The number of carbonyl (C=O) groups excluding carboxylic acids is 2. The van der Waals surface area contributed by atoms with E-state index in [9.17, 15) is 9.59 Å². The standard InChI is InChI=1S/C26H36N2O3/c1-7-20-12-14-22(15-13-20)31-18-24(29)28(17-21-11-9-10-19(3)16-21)23(8-2)25(30)27-26(4,5)6/h9-16,23H,7-8,17-18H2,1-6H3,(H,27,30)/t23-/m1/s1. The zero-order valence-electron chi connectivity index (χ0n) is 19.7. The van der Waals surface area contributed by atoms with Gasteiger partial charge >= 0.3 is 0 Å². The summed E-state index contributed by atoms with van der Waals surface area (Å²) in [6.45, 7) is 12.1. The van der Waals surface area contributed by atoms with Gasteiger partial charge in [-0.15, -0.1) is 0 Å². The predicted octanol–water partition coefficient (Wildman–Crippen LogP) is 4.66. The lowest BCUT2D eigenvalue weighted by atomic mass is 10.1. The summed E-state index contributed by atoms with van der Waals surface area (Å²) in [5.74, 6) is 0.286. The lowest BCUT2D eigenvalue weighted by molar-refractivity contribution is -0.143. The van der Waals surface area contributed by atoms with E-state index in [2.05, 4.69) is 12.2 Å². The Morgan fingerprint density at radius 1 is 1.03 bits per heavy atom. The maximum Gasteiger partial charge on any atom is 0.261 e. The van der Waals surface area contributed by atoms with Crippen molar-refractivity contribution in [2.75, 3.05) is 6.61 Å². The van der Waals surface area contributed by atoms with Crippen molar-refractivity contribution in [3.8, 4) is 5.75 Å². The fraction of sp³-hybridized carbons (Fsp3) is 0.462. The smallest absolute Gasteiger partial charge is 0.261 e. The Kier molecular flexibility index (Phi) is 8.66. The second kappa shape index (κ2) is 11.0. The molecule has 1 atom stereocenters. The first-order valence-corrected chi connectivity index (χ1v) is 11.0. The van der Waals surface area contributed by atoms with Gasteiger partial charge < -0.3 is 15.0 Å². The predicted molar refractivity (Wildman–Crippen MR) is 125 cm³/mol. The zero-order chi connectivity index (χ0) is 23.0. The summed E-state index contributed by atoms with van der Waals surface area (Å²) in [6, 6.07) is 15.2. The summed E-state index contributed by atoms with van der Waals surface area (Å²) in [6.07, 6.45) is 1.47. The number of amides is 2. The minimum Gasteiger partial charge on any atom is -0.484 e. The van der Waals surface area contributed by atoms with Crippen molar-refractivity contribution >= 4 is 11.8 Å². The molecule has 0 bridgehead atoms. The van der Waals surface area contributed by atoms with Crippen LogP contribution >= 0.6 is 0 Å². The van der Waals surface area contributed by atoms with Crippen LogP contribution in [0, 0.1) is 6.92 Å². The number of aryl methyl sites for hydroxylation is 2. The number of ether oxygens (including phenoxy) is 1. The van der Waals surface area contributed by atoms with Crippen LogP contribution in [0.5, 0.6) is 5.75 Å². The number of hydrogen-bond donors (Lipinski definition) is 1. The van der Waals surface area contributed by atoms with E-state index >= 15 is 0 Å². The SMILES string of the molecule is CCc1ccc(OCC(=O)N(Cc2cccc(C)c2)[C@H](CC)C(=O)NC(C)(C)C)cc1. The number of carbonyl (C=O) groups is 2. The van der Waals surface area contributed by atoms with Gasteiger partial charge in [0.2, 0.25) is 5.91 Å². The van der Waals surface area contributed by atoms with Crippen LogP contribution in [0.15, 0.2) is 48.5 Å². The molecule has 5 nitrogen and oxygen atoms in total. The molecule has 1 N–H and O–H groups in total. The summed E-state index contributed by atoms with van der Waals surface area (Å²) in [4.78, 5) is 27.8. The number of benzene rings is 2. The van der Waals surface area contributed by atoms with E-state index in [4.69, 9.17) is 4.74 Å². The molecule has 0 aliphatic rings. The summed E-state index contributed by atoms with van der Waals surface area (Å²) in [5, 5.41) is 3.02. The summed E-state index contributed by atoms with van der Waals surface area (Å²) >= 11 is 0. The molecular formula is C26H36N2O3. The van der Waals surface area contributed by atoms with Crippen molar-refractivity contribution in [1.29, 1.82) is 0 Å². The fourth-order valence-corrected chi connectivity index (χ4v) is 3.43. The number of nitrogens with zero attached hydrogens (tertiary/aromatic N) is 1. The molecule has 2 aromatic carbocycles. The average Bonchev–Trinajstić information content (AvgIpc) is 2.71. The molecule has 0 saturated carbocycles. The third-order valence-electron chi connectivity index (χ3n) is 5.01. The minimum absolute atomic E-state index is 0.114. The summed E-state index contributed by atoms with van der Waals surface area (Å²) in [7, 11) is 0. The molecule has 0 saturated heterocycles. The quantitative estimate of drug-likeness (QED) is 0.637. The topological polar surface area (TPSA) is 58.6 Å². The molecule has 0 unspecified atom stereocenters. The number of hydrogen-bond acceptors (Lipinski definition) is 3. The van der Waals surface area contributed by atoms with Crippen LogP contribution < -0.4 is 10.1 Å². The Morgan fingerprint density at radius 2 is 1.71 bits per heavy atom. The van der Waals surface area contributed by atoms with Gasteiger partial charge in [-0.1, -0.05) is 55.8 Å². The molecule has 2 amide bonds. The largest absolute Gasteiger partial charge is 0.484 e. The second-order valence-electron chi connectivity index (χ2n) is 8.96. The van der Waals surface area contributed by atoms with E-state index in [0.29, 0.717) is 18.7 Å². The second-order valence-corrected chi connectivity index (χ2v) is 8.96. The molecule has 0 aromatic heterocycles. The Hall–Kier alpha value is -2.82. The van der Waals surface area contributed by atoms with E-state index in [1.807, 2.05) is 83.1 Å². The number of nitrogens with one attached hydrogen (secondary N) is 1. The van der Waals surface area contributed by atoms with Crippen molar-refractivity contribution in [2.24, 2.45) is 0 Å². The molecule has 0 aliphatic carbocycles. The van der Waals surface area contributed by atoms with Crippen LogP contribution in [0.1, 0.15) is 57.7 Å². The van der Waals surface area contributed by atoms with Gasteiger partial charge in [-0.25, -0.2) is 0 Å². The van der Waals surface area contributed by atoms with E-state index in [-0.39, 0.29) is 24.0 Å². The fourth-order valence-electron chi connectivity index (χ4n) is 3.43. The maximum absolute atomic E-state index is 13.2. The van der Waals surface area contributed by atoms with Gasteiger partial charge in [0.1, 0.15) is 11.8 Å². The molecule has 31 heavy (non-hydrogen) atoms. The Morgan fingerprint density at radius 3 is 2.26 bits per heavy atom. The van der Waals surface area contributed by atoms with Gasteiger partial charge in [0.25, 0.3) is 5.91 Å². The molecule has 5 heteroatoms. The van der Waals surface area contributed by atoms with Gasteiger partial charge in [-0.2, -0.15) is 0 Å². The molecule has 0 radical (unpaired) electrons. The van der Waals surface area contributed by atoms with Crippen molar-refractivity contribution < 1.29 is 14.3 Å². The molecule has 0 spiro atoms. The molecule has 0 heterocycles. The van der Waals surface area contributed by atoms with Gasteiger partial charge in [0, 0.05) is 12.1 Å². The van der Waals surface area contributed by atoms with Crippen LogP contribution in [-0.4, -0.2) is 34.9 Å². The van der Waals surface area contributed by atoms with Crippen molar-refractivity contribution in [3.63, 3.8) is 0 Å². The highest BCUT2D eigenvalue weighted by Gasteiger charge is 2.30. The lowest BCUT2D eigenvalue weighted by Crippen LogP contribution is -2.54. The van der Waals surface area contributed by atoms with Gasteiger partial charge in [-0.05, 0) is 63.8 Å². The Labute approximate surface area is 186 Å². The Bertz CT molecular complexity index is 869. The third-order valence-corrected chi connectivity index (χ3v) is 5.01. The van der Waals surface area contributed by atoms with Crippen LogP contribution in [0.25, 0.3) is 0 Å². The molecule has 0 aliphatic heterocycles. The van der Waals surface area contributed by atoms with E-state index in [1.54, 1.807) is 4.90 Å². The van der Waals surface area contributed by atoms with Gasteiger partial charge in [0.05, 0.1) is 0 Å². The molecular weight excluding hydrogens is 388 g/mol. The zero-order valence-corrected chi connectivity index (χ0v) is 19.7. The minimum atomic E-state index is -0.571. The highest BCUT2D eigenvalue weighted by Crippen LogP contribution is 2.17. The third kappa shape index (κ3) is 7.74. The van der Waals surface area contributed by atoms with Gasteiger partial charge in [-0.3, -0.25) is 9.59 Å². The first kappa shape index (κ1) is 24.4. The number of rotatable bonds is 9. The van der Waals surface area contributed by atoms with E-state index < -0.39 is 6.04 Å². The average molecular weight is 425 g/mol. The highest BCUT2D eigenvalue weighted by atomic mass is 16.5. The summed E-state index contributed by atoms with van der Waals surface area (Å²) < 4.78 is 5.76. The molecule has 168 valence electrons. The van der Waals surface area contributed by atoms with Crippen LogP contribution in [0.4, 0.5) is 0 Å². The van der Waals surface area contributed by atoms with Crippen molar-refractivity contribution in [3.05, 3.63) is 65.2 Å². The van der Waals surface area contributed by atoms with Crippen LogP contribution in [-0.2, 0) is 22.6 Å². The van der Waals surface area contributed by atoms with Gasteiger partial charge in [0.15, 0.2) is 6.61 Å². The molecule has 2 rings (SSSR count). The molecule has 2 aromatic rings. The van der Waals surface area contributed by atoms with Crippen LogP contribution in [0.2, 0.25) is 0 Å². The monoisotopic (exact) mass is 424 g/mol. The first-order chi connectivity index (χ1) is 14.6. The van der Waals surface area contributed by atoms with Crippen molar-refractivity contribution in [1.82, 2.24) is 10.2 Å².